The van der Waals surface area contributed by atoms with E-state index >= 15 is 0 Å². The van der Waals surface area contributed by atoms with Gasteiger partial charge >= 0.3 is 6.03 Å². The van der Waals surface area contributed by atoms with Crippen molar-refractivity contribution in [3.8, 4) is 11.5 Å². The number of benzene rings is 1. The van der Waals surface area contributed by atoms with Gasteiger partial charge in [0.2, 0.25) is 0 Å². The third-order valence-electron chi connectivity index (χ3n) is 2.41. The number of thiol groups is 1. The first-order valence-corrected chi connectivity index (χ1v) is 6.85. The number of nitrogen functional groups attached to an aromatic ring is 2. The highest BCUT2D eigenvalue weighted by atomic mass is 32.1. The van der Waals surface area contributed by atoms with Crippen molar-refractivity contribution in [3.63, 3.8) is 0 Å². The number of hydrogen-bond acceptors (Lipinski definition) is 6. The van der Waals surface area contributed by atoms with Crippen LogP contribution >= 0.6 is 12.6 Å². The third-order valence-corrected chi connectivity index (χ3v) is 2.41. The van der Waals surface area contributed by atoms with E-state index in [1.807, 2.05) is 0 Å². The number of hydrogen-bond donors (Lipinski definition) is 5. The van der Waals surface area contributed by atoms with Crippen LogP contribution in [0.15, 0.2) is 30.5 Å². The van der Waals surface area contributed by atoms with E-state index < -0.39 is 11.8 Å². The van der Waals surface area contributed by atoms with Gasteiger partial charge in [0, 0.05) is 18.3 Å². The fourth-order valence-electron chi connectivity index (χ4n) is 1.48. The zero-order chi connectivity index (χ0) is 16.7. The normalized spacial score (nSPS) is 9.41. The number of rotatable bonds is 3. The summed E-state index contributed by atoms with van der Waals surface area (Å²) in [7, 11) is 0. The second-order valence-electron chi connectivity index (χ2n) is 3.84. The molecule has 0 saturated heterocycles. The molecule has 2 aromatic rings. The van der Waals surface area contributed by atoms with E-state index in [0.29, 0.717) is 0 Å². The topological polar surface area (TPSA) is 129 Å². The molecule has 9 heteroatoms. The predicted octanol–water partition coefficient (Wildman–Crippen LogP) is 2.21. The van der Waals surface area contributed by atoms with Crippen LogP contribution in [0.3, 0.4) is 0 Å². The second-order valence-corrected chi connectivity index (χ2v) is 3.84. The van der Waals surface area contributed by atoms with Crippen molar-refractivity contribution in [1.82, 2.24) is 4.98 Å². The van der Waals surface area contributed by atoms with Crippen molar-refractivity contribution < 1.29 is 13.9 Å². The lowest BCUT2D eigenvalue weighted by atomic mass is 10.3. The van der Waals surface area contributed by atoms with Gasteiger partial charge in [-0.05, 0) is 18.4 Å². The predicted molar refractivity (Wildman–Crippen MR) is 87.7 cm³/mol. The first kappa shape index (κ1) is 17.4. The van der Waals surface area contributed by atoms with Gasteiger partial charge in [0.25, 0.3) is 0 Å². The number of nitrogens with one attached hydrogen (secondary N) is 1. The lowest BCUT2D eigenvalue weighted by Gasteiger charge is -2.10. The number of anilines is 3. The highest BCUT2D eigenvalue weighted by Gasteiger charge is 2.09. The van der Waals surface area contributed by atoms with Gasteiger partial charge in [-0.1, -0.05) is 0 Å². The van der Waals surface area contributed by atoms with Crippen LogP contribution in [0.5, 0.6) is 11.5 Å². The second kappa shape index (κ2) is 7.93. The van der Waals surface area contributed by atoms with Gasteiger partial charge in [-0.3, -0.25) is 0 Å². The molecular weight excluding hydrogens is 309 g/mol. The molecule has 118 valence electrons. The van der Waals surface area contributed by atoms with Crippen LogP contribution < -0.4 is 27.3 Å². The molecule has 7 N–H and O–H groups in total. The molecule has 0 atom stereocenters. The standard InChI is InChI=1S/C12H12FN5O2.CH4S/c13-7-5-6(1-2-8(7)18-12(16)19)20-9-3-4-17-11(15)10(9)14;1-2/h1-5H,14H2,(H2,15,17)(H3,16,18,19);2H,1H3. The summed E-state index contributed by atoms with van der Waals surface area (Å²) in [5, 5.41) is 2.14. The number of aromatic nitrogens is 1. The van der Waals surface area contributed by atoms with Crippen molar-refractivity contribution in [3.05, 3.63) is 36.3 Å². The molecule has 0 spiro atoms. The Morgan fingerprint density at radius 2 is 2.00 bits per heavy atom. The molecule has 0 aliphatic heterocycles. The van der Waals surface area contributed by atoms with Crippen LogP contribution in [0, 0.1) is 5.82 Å². The Kier molecular flexibility index (Phi) is 6.26. The molecule has 2 amide bonds. The molecule has 22 heavy (non-hydrogen) atoms. The number of carbonyl (C=O) groups excluding carboxylic acids is 1. The molecule has 0 bridgehead atoms. The van der Waals surface area contributed by atoms with Crippen LogP contribution in [-0.2, 0) is 0 Å². The Balaban J connectivity index is 0.00000116. The Morgan fingerprint density at radius 1 is 1.32 bits per heavy atom. The number of nitrogens with two attached hydrogens (primary N) is 3. The Bertz CT molecular complexity index is 669. The van der Waals surface area contributed by atoms with Crippen molar-refractivity contribution in [1.29, 1.82) is 0 Å². The Hall–Kier alpha value is -2.68. The number of carbonyl (C=O) groups is 1. The van der Waals surface area contributed by atoms with Gasteiger partial charge in [0.15, 0.2) is 5.75 Å². The van der Waals surface area contributed by atoms with Gasteiger partial charge in [-0.25, -0.2) is 14.2 Å². The van der Waals surface area contributed by atoms with E-state index in [1.165, 1.54) is 24.4 Å². The smallest absolute Gasteiger partial charge is 0.316 e. The minimum Gasteiger partial charge on any atom is -0.455 e. The lowest BCUT2D eigenvalue weighted by molar-refractivity contribution is 0.259. The lowest BCUT2D eigenvalue weighted by Crippen LogP contribution is -2.19. The molecule has 1 aromatic heterocycles. The number of ether oxygens (including phenoxy) is 1. The summed E-state index contributed by atoms with van der Waals surface area (Å²) in [5.41, 5.74) is 16.2. The number of urea groups is 1. The van der Waals surface area contributed by atoms with Crippen LogP contribution in [0.4, 0.5) is 26.4 Å². The van der Waals surface area contributed by atoms with Crippen molar-refractivity contribution in [2.75, 3.05) is 23.0 Å². The van der Waals surface area contributed by atoms with Crippen molar-refractivity contribution >= 4 is 35.9 Å². The van der Waals surface area contributed by atoms with Crippen LogP contribution in [-0.4, -0.2) is 17.3 Å². The van der Waals surface area contributed by atoms with E-state index in [2.05, 4.69) is 22.9 Å². The van der Waals surface area contributed by atoms with E-state index in [4.69, 9.17) is 21.9 Å². The summed E-state index contributed by atoms with van der Waals surface area (Å²) in [6.45, 7) is 0. The zero-order valence-electron chi connectivity index (χ0n) is 11.7. The highest BCUT2D eigenvalue weighted by molar-refractivity contribution is 7.79. The Morgan fingerprint density at radius 3 is 2.59 bits per heavy atom. The van der Waals surface area contributed by atoms with Crippen LogP contribution in [0.25, 0.3) is 0 Å². The maximum absolute atomic E-state index is 13.7. The fourth-order valence-corrected chi connectivity index (χ4v) is 1.48. The van der Waals surface area contributed by atoms with Crippen LogP contribution in [0.1, 0.15) is 0 Å². The maximum Gasteiger partial charge on any atom is 0.316 e. The molecule has 0 unspecified atom stereocenters. The van der Waals surface area contributed by atoms with Gasteiger partial charge in [-0.15, -0.1) is 0 Å². The first-order chi connectivity index (χ1) is 10.5. The summed E-state index contributed by atoms with van der Waals surface area (Å²) in [5.74, 6) is -0.126. The van der Waals surface area contributed by atoms with E-state index in [0.717, 1.165) is 6.07 Å². The van der Waals surface area contributed by atoms with Gasteiger partial charge in [-0.2, -0.15) is 12.6 Å². The average Bonchev–Trinajstić information content (AvgIpc) is 2.48. The summed E-state index contributed by atoms with van der Waals surface area (Å²) in [4.78, 5) is 14.4. The maximum atomic E-state index is 13.7. The number of pyridine rings is 1. The quantitative estimate of drug-likeness (QED) is 0.552. The Labute approximate surface area is 132 Å². The van der Waals surface area contributed by atoms with Crippen LogP contribution in [0.2, 0.25) is 0 Å². The molecule has 0 aliphatic carbocycles. The summed E-state index contributed by atoms with van der Waals surface area (Å²) in [6, 6.07) is 4.49. The number of nitrogens with zero attached hydrogens (tertiary/aromatic N) is 1. The SMILES string of the molecule is CS.NC(=O)Nc1ccc(Oc2ccnc(N)c2N)cc1F. The minimum absolute atomic E-state index is 0.0490. The summed E-state index contributed by atoms with van der Waals surface area (Å²) < 4.78 is 19.1. The van der Waals surface area contributed by atoms with E-state index in [1.54, 1.807) is 6.26 Å². The molecule has 0 radical (unpaired) electrons. The summed E-state index contributed by atoms with van der Waals surface area (Å²) >= 11 is 3.53. The molecular formula is C13H16FN5O2S. The molecule has 2 rings (SSSR count). The average molecular weight is 325 g/mol. The molecule has 0 fully saturated rings. The monoisotopic (exact) mass is 325 g/mol. The molecule has 7 nitrogen and oxygen atoms in total. The molecule has 1 heterocycles. The molecule has 0 saturated carbocycles. The number of primary amides is 1. The summed E-state index contributed by atoms with van der Waals surface area (Å²) in [6.07, 6.45) is 3.11. The number of halogens is 1. The highest BCUT2D eigenvalue weighted by Crippen LogP contribution is 2.31. The van der Waals surface area contributed by atoms with E-state index in [-0.39, 0.29) is 28.7 Å². The fraction of sp³-hybridized carbons (Fsp3) is 0.0769. The van der Waals surface area contributed by atoms with Gasteiger partial charge in [0.05, 0.1) is 5.69 Å². The molecule has 0 aliphatic rings. The zero-order valence-corrected chi connectivity index (χ0v) is 12.6. The van der Waals surface area contributed by atoms with Crippen molar-refractivity contribution in [2.45, 2.75) is 0 Å². The largest absolute Gasteiger partial charge is 0.455 e. The number of amides is 2. The first-order valence-electron chi connectivity index (χ1n) is 5.96. The molecule has 1 aromatic carbocycles. The third kappa shape index (κ3) is 4.42. The van der Waals surface area contributed by atoms with Crippen molar-refractivity contribution in [2.24, 2.45) is 5.73 Å². The minimum atomic E-state index is -0.858. The van der Waals surface area contributed by atoms with E-state index in [9.17, 15) is 9.18 Å². The van der Waals surface area contributed by atoms with Gasteiger partial charge in [0.1, 0.15) is 23.1 Å². The van der Waals surface area contributed by atoms with Gasteiger partial charge < -0.3 is 27.3 Å².